The molecule has 0 saturated carbocycles. The standard InChI is InChI=1S/C20H25NO3/c1-16(18-12-7-8-13-19(18)23-3)21(2)20(22)14-9-15-24-17-10-5-4-6-11-17/h4-8,10-13,16H,9,14-15H2,1-3H3. The van der Waals surface area contributed by atoms with Gasteiger partial charge >= 0.3 is 0 Å². The molecule has 0 bridgehead atoms. The Bertz CT molecular complexity index is 642. The van der Waals surface area contributed by atoms with Gasteiger partial charge in [0.2, 0.25) is 5.91 Å². The molecular weight excluding hydrogens is 302 g/mol. The minimum Gasteiger partial charge on any atom is -0.496 e. The Morgan fingerprint density at radius 1 is 1.08 bits per heavy atom. The van der Waals surface area contributed by atoms with Crippen LogP contribution in [0.1, 0.15) is 31.4 Å². The third-order valence-corrected chi connectivity index (χ3v) is 4.11. The van der Waals surface area contributed by atoms with E-state index in [1.54, 1.807) is 12.0 Å². The van der Waals surface area contributed by atoms with E-state index in [2.05, 4.69) is 0 Å². The van der Waals surface area contributed by atoms with Gasteiger partial charge in [-0.3, -0.25) is 4.79 Å². The molecule has 0 fully saturated rings. The van der Waals surface area contributed by atoms with Crippen LogP contribution in [0.5, 0.6) is 11.5 Å². The van der Waals surface area contributed by atoms with Crippen LogP contribution >= 0.6 is 0 Å². The lowest BCUT2D eigenvalue weighted by Crippen LogP contribution is -2.30. The second-order valence-corrected chi connectivity index (χ2v) is 5.69. The molecule has 1 amide bonds. The van der Waals surface area contributed by atoms with Crippen molar-refractivity contribution >= 4 is 5.91 Å². The maximum absolute atomic E-state index is 12.4. The lowest BCUT2D eigenvalue weighted by Gasteiger charge is -2.26. The normalized spacial score (nSPS) is 11.6. The second kappa shape index (κ2) is 8.96. The van der Waals surface area contributed by atoms with Crippen LogP contribution in [0, 0.1) is 0 Å². The number of methoxy groups -OCH3 is 1. The summed E-state index contributed by atoms with van der Waals surface area (Å²) in [5.41, 5.74) is 1.01. The largest absolute Gasteiger partial charge is 0.496 e. The number of ether oxygens (including phenoxy) is 2. The number of para-hydroxylation sites is 2. The van der Waals surface area contributed by atoms with Gasteiger partial charge in [-0.15, -0.1) is 0 Å². The van der Waals surface area contributed by atoms with Crippen molar-refractivity contribution in [2.45, 2.75) is 25.8 Å². The highest BCUT2D eigenvalue weighted by Crippen LogP contribution is 2.28. The highest BCUT2D eigenvalue weighted by Gasteiger charge is 2.19. The zero-order valence-electron chi connectivity index (χ0n) is 14.6. The summed E-state index contributed by atoms with van der Waals surface area (Å²) in [6, 6.07) is 17.4. The lowest BCUT2D eigenvalue weighted by atomic mass is 10.1. The highest BCUT2D eigenvalue weighted by molar-refractivity contribution is 5.76. The Hall–Kier alpha value is -2.49. The predicted molar refractivity (Wildman–Crippen MR) is 95.4 cm³/mol. The molecule has 0 aliphatic carbocycles. The molecule has 4 heteroatoms. The number of rotatable bonds is 8. The van der Waals surface area contributed by atoms with E-state index in [1.165, 1.54) is 0 Å². The molecule has 0 spiro atoms. The molecule has 4 nitrogen and oxygen atoms in total. The summed E-state index contributed by atoms with van der Waals surface area (Å²) in [5, 5.41) is 0. The lowest BCUT2D eigenvalue weighted by molar-refractivity contribution is -0.132. The maximum Gasteiger partial charge on any atom is 0.222 e. The molecule has 0 heterocycles. The van der Waals surface area contributed by atoms with E-state index >= 15 is 0 Å². The molecule has 0 aliphatic rings. The summed E-state index contributed by atoms with van der Waals surface area (Å²) in [4.78, 5) is 14.2. The molecule has 0 aliphatic heterocycles. The van der Waals surface area contributed by atoms with Crippen LogP contribution in [0.25, 0.3) is 0 Å². The van der Waals surface area contributed by atoms with Gasteiger partial charge in [-0.05, 0) is 31.5 Å². The molecule has 24 heavy (non-hydrogen) atoms. The molecule has 128 valence electrons. The molecule has 1 atom stereocenters. The number of hydrogen-bond acceptors (Lipinski definition) is 3. The first-order valence-corrected chi connectivity index (χ1v) is 8.20. The van der Waals surface area contributed by atoms with Crippen molar-refractivity contribution in [3.63, 3.8) is 0 Å². The Labute approximate surface area is 144 Å². The van der Waals surface area contributed by atoms with Gasteiger partial charge < -0.3 is 14.4 Å². The van der Waals surface area contributed by atoms with Gasteiger partial charge in [0.1, 0.15) is 11.5 Å². The van der Waals surface area contributed by atoms with Gasteiger partial charge in [0.15, 0.2) is 0 Å². The fourth-order valence-electron chi connectivity index (χ4n) is 2.54. The van der Waals surface area contributed by atoms with Crippen molar-refractivity contribution in [1.29, 1.82) is 0 Å². The molecule has 2 rings (SSSR count). The third-order valence-electron chi connectivity index (χ3n) is 4.11. The molecule has 1 unspecified atom stereocenters. The van der Waals surface area contributed by atoms with E-state index in [4.69, 9.17) is 9.47 Å². The zero-order valence-corrected chi connectivity index (χ0v) is 14.6. The average molecular weight is 327 g/mol. The second-order valence-electron chi connectivity index (χ2n) is 5.69. The van der Waals surface area contributed by atoms with Crippen LogP contribution in [-0.2, 0) is 4.79 Å². The van der Waals surface area contributed by atoms with E-state index in [-0.39, 0.29) is 11.9 Å². The van der Waals surface area contributed by atoms with Gasteiger partial charge in [-0.1, -0.05) is 36.4 Å². The molecule has 2 aromatic carbocycles. The number of benzene rings is 2. The van der Waals surface area contributed by atoms with E-state index in [9.17, 15) is 4.79 Å². The predicted octanol–water partition coefficient (Wildman–Crippen LogP) is 4.07. The van der Waals surface area contributed by atoms with E-state index in [0.717, 1.165) is 17.1 Å². The summed E-state index contributed by atoms with van der Waals surface area (Å²) in [7, 11) is 3.48. The molecule has 2 aromatic rings. The van der Waals surface area contributed by atoms with Gasteiger partial charge in [0.05, 0.1) is 19.8 Å². The number of amides is 1. The van der Waals surface area contributed by atoms with Crippen LogP contribution in [0.3, 0.4) is 0 Å². The van der Waals surface area contributed by atoms with Crippen molar-refractivity contribution < 1.29 is 14.3 Å². The number of carbonyl (C=O) groups excluding carboxylic acids is 1. The van der Waals surface area contributed by atoms with Crippen molar-refractivity contribution in [3.05, 3.63) is 60.2 Å². The van der Waals surface area contributed by atoms with Crippen molar-refractivity contribution in [2.75, 3.05) is 20.8 Å². The maximum atomic E-state index is 12.4. The third kappa shape index (κ3) is 4.75. The number of carbonyl (C=O) groups is 1. The van der Waals surface area contributed by atoms with Gasteiger partial charge in [0.25, 0.3) is 0 Å². The quantitative estimate of drug-likeness (QED) is 0.686. The molecule has 0 aromatic heterocycles. The Kier molecular flexibility index (Phi) is 6.67. The minimum atomic E-state index is -0.0382. The Morgan fingerprint density at radius 3 is 2.46 bits per heavy atom. The molecule has 0 saturated heterocycles. The van der Waals surface area contributed by atoms with Crippen LogP contribution < -0.4 is 9.47 Å². The summed E-state index contributed by atoms with van der Waals surface area (Å²) in [6.45, 7) is 2.54. The monoisotopic (exact) mass is 327 g/mol. The first-order chi connectivity index (χ1) is 11.6. The summed E-state index contributed by atoms with van der Waals surface area (Å²) in [6.07, 6.45) is 1.15. The van der Waals surface area contributed by atoms with E-state index in [0.29, 0.717) is 19.4 Å². The van der Waals surface area contributed by atoms with Crippen molar-refractivity contribution in [2.24, 2.45) is 0 Å². The van der Waals surface area contributed by atoms with Crippen LogP contribution in [0.2, 0.25) is 0 Å². The first-order valence-electron chi connectivity index (χ1n) is 8.20. The van der Waals surface area contributed by atoms with Crippen molar-refractivity contribution in [1.82, 2.24) is 4.90 Å². The van der Waals surface area contributed by atoms with E-state index < -0.39 is 0 Å². The SMILES string of the molecule is COc1ccccc1C(C)N(C)C(=O)CCCOc1ccccc1. The average Bonchev–Trinajstić information content (AvgIpc) is 2.64. The Balaban J connectivity index is 1.83. The Morgan fingerprint density at radius 2 is 1.75 bits per heavy atom. The zero-order chi connectivity index (χ0) is 17.4. The molecular formula is C20H25NO3. The molecule has 0 N–H and O–H groups in total. The topological polar surface area (TPSA) is 38.8 Å². The van der Waals surface area contributed by atoms with Crippen molar-refractivity contribution in [3.8, 4) is 11.5 Å². The molecule has 0 radical (unpaired) electrons. The highest BCUT2D eigenvalue weighted by atomic mass is 16.5. The number of hydrogen-bond donors (Lipinski definition) is 0. The van der Waals surface area contributed by atoms with Gasteiger partial charge in [-0.2, -0.15) is 0 Å². The number of nitrogens with zero attached hydrogens (tertiary/aromatic N) is 1. The van der Waals surface area contributed by atoms with Crippen LogP contribution in [0.15, 0.2) is 54.6 Å². The van der Waals surface area contributed by atoms with Gasteiger partial charge in [-0.25, -0.2) is 0 Å². The smallest absolute Gasteiger partial charge is 0.222 e. The summed E-state index contributed by atoms with van der Waals surface area (Å²) in [5.74, 6) is 1.74. The van der Waals surface area contributed by atoms with Crippen LogP contribution in [0.4, 0.5) is 0 Å². The fourth-order valence-corrected chi connectivity index (χ4v) is 2.54. The summed E-state index contributed by atoms with van der Waals surface area (Å²) >= 11 is 0. The van der Waals surface area contributed by atoms with Gasteiger partial charge in [0, 0.05) is 19.0 Å². The van der Waals surface area contributed by atoms with E-state index in [1.807, 2.05) is 68.6 Å². The summed E-state index contributed by atoms with van der Waals surface area (Å²) < 4.78 is 11.0. The fraction of sp³-hybridized carbons (Fsp3) is 0.350. The minimum absolute atomic E-state index is 0.0382. The first kappa shape index (κ1) is 17.9. The van der Waals surface area contributed by atoms with Crippen LogP contribution in [-0.4, -0.2) is 31.6 Å².